The van der Waals surface area contributed by atoms with Gasteiger partial charge in [-0.15, -0.1) is 0 Å². The van der Waals surface area contributed by atoms with Crippen LogP contribution in [0.2, 0.25) is 5.02 Å². The summed E-state index contributed by atoms with van der Waals surface area (Å²) in [6.45, 7) is 2.32. The summed E-state index contributed by atoms with van der Waals surface area (Å²) in [6.07, 6.45) is 0.279. The molecule has 0 N–H and O–H groups in total. The second-order valence-electron chi connectivity index (χ2n) is 7.79. The van der Waals surface area contributed by atoms with E-state index < -0.39 is 43.9 Å². The summed E-state index contributed by atoms with van der Waals surface area (Å²) in [6, 6.07) is 3.75. The summed E-state index contributed by atoms with van der Waals surface area (Å²) in [5.41, 5.74) is -0.183. The summed E-state index contributed by atoms with van der Waals surface area (Å²) < 4.78 is 74.9. The van der Waals surface area contributed by atoms with E-state index >= 15 is 0 Å². The normalized spacial score (nSPS) is 17.0. The Bertz CT molecular complexity index is 1350. The highest BCUT2D eigenvalue weighted by Crippen LogP contribution is 2.33. The Balaban J connectivity index is 1.88. The van der Waals surface area contributed by atoms with Crippen molar-refractivity contribution >= 4 is 38.4 Å². The monoisotopic (exact) mass is 501 g/mol. The molecule has 1 fully saturated rings. The molecule has 1 aromatic heterocycles. The molecular weight excluding hydrogens is 483 g/mol. The first-order chi connectivity index (χ1) is 15.5. The van der Waals surface area contributed by atoms with Crippen molar-refractivity contribution < 1.29 is 31.1 Å². The number of ether oxygens (including phenoxy) is 1. The first kappa shape index (κ1) is 23.5. The van der Waals surface area contributed by atoms with E-state index in [1.807, 2.05) is 0 Å². The Kier molecular flexibility index (Phi) is 6.14. The van der Waals surface area contributed by atoms with Gasteiger partial charge in [-0.1, -0.05) is 11.6 Å². The van der Waals surface area contributed by atoms with Crippen LogP contribution >= 0.6 is 11.6 Å². The maximum Gasteiger partial charge on any atom is 0.219 e. The van der Waals surface area contributed by atoms with Gasteiger partial charge in [0, 0.05) is 32.3 Å². The van der Waals surface area contributed by atoms with Crippen molar-refractivity contribution in [3.05, 3.63) is 46.7 Å². The van der Waals surface area contributed by atoms with Gasteiger partial charge in [0.05, 0.1) is 45.8 Å². The molecule has 1 saturated heterocycles. The van der Waals surface area contributed by atoms with Crippen molar-refractivity contribution in [2.45, 2.75) is 24.5 Å². The molecule has 1 aliphatic heterocycles. The van der Waals surface area contributed by atoms with Gasteiger partial charge in [0.15, 0.2) is 9.84 Å². The zero-order chi connectivity index (χ0) is 24.1. The maximum absolute atomic E-state index is 15.0. The zero-order valence-electron chi connectivity index (χ0n) is 17.6. The lowest BCUT2D eigenvalue weighted by molar-refractivity contribution is -0.136. The average Bonchev–Trinajstić information content (AvgIpc) is 3.04. The van der Waals surface area contributed by atoms with E-state index in [0.29, 0.717) is 18.7 Å². The minimum absolute atomic E-state index is 0.00337. The summed E-state index contributed by atoms with van der Waals surface area (Å²) in [7, 11) is -3.86. The van der Waals surface area contributed by atoms with E-state index in [1.54, 1.807) is 4.90 Å². The number of benzene rings is 2. The van der Waals surface area contributed by atoms with Gasteiger partial charge in [0.25, 0.3) is 0 Å². The molecule has 176 valence electrons. The Labute approximate surface area is 192 Å². The highest BCUT2D eigenvalue weighted by molar-refractivity contribution is 7.90. The molecule has 0 saturated carbocycles. The Hall–Kier alpha value is -2.63. The number of halogens is 4. The SMILES string of the molecule is CC(=O)N1CCO[C@@H](Cn2c(-c3c(F)cc(S(C)(=O)=O)cc3F)nc3cc(Cl)c(F)cc32)C1. The third kappa shape index (κ3) is 4.57. The molecule has 7 nitrogen and oxygen atoms in total. The fraction of sp³-hybridized carbons (Fsp3) is 0.333. The van der Waals surface area contributed by atoms with Gasteiger partial charge in [0.1, 0.15) is 23.3 Å². The summed E-state index contributed by atoms with van der Waals surface area (Å²) >= 11 is 5.87. The van der Waals surface area contributed by atoms with E-state index in [2.05, 4.69) is 4.98 Å². The number of hydrogen-bond acceptors (Lipinski definition) is 5. The second-order valence-corrected chi connectivity index (χ2v) is 10.2. The van der Waals surface area contributed by atoms with Gasteiger partial charge in [-0.2, -0.15) is 0 Å². The van der Waals surface area contributed by atoms with Gasteiger partial charge in [-0.3, -0.25) is 4.79 Å². The van der Waals surface area contributed by atoms with Gasteiger partial charge >= 0.3 is 0 Å². The number of fused-ring (bicyclic) bond motifs is 1. The number of rotatable bonds is 4. The summed E-state index contributed by atoms with van der Waals surface area (Å²) in [4.78, 5) is 17.1. The zero-order valence-corrected chi connectivity index (χ0v) is 19.2. The van der Waals surface area contributed by atoms with Gasteiger partial charge in [0.2, 0.25) is 5.91 Å². The molecule has 12 heteroatoms. The number of carbonyl (C=O) groups excluding carboxylic acids is 1. The molecule has 0 unspecified atom stereocenters. The molecule has 2 aromatic carbocycles. The first-order valence-corrected chi connectivity index (χ1v) is 12.1. The van der Waals surface area contributed by atoms with Crippen molar-refractivity contribution in [3.63, 3.8) is 0 Å². The molecule has 33 heavy (non-hydrogen) atoms. The smallest absolute Gasteiger partial charge is 0.219 e. The Morgan fingerprint density at radius 1 is 1.18 bits per heavy atom. The van der Waals surface area contributed by atoms with Crippen LogP contribution in [0, 0.1) is 17.5 Å². The molecule has 0 radical (unpaired) electrons. The lowest BCUT2D eigenvalue weighted by Gasteiger charge is -2.32. The number of carbonyl (C=O) groups is 1. The van der Waals surface area contributed by atoms with E-state index in [1.165, 1.54) is 17.6 Å². The van der Waals surface area contributed by atoms with Crippen molar-refractivity contribution in [2.75, 3.05) is 26.0 Å². The van der Waals surface area contributed by atoms with Crippen molar-refractivity contribution in [1.29, 1.82) is 0 Å². The fourth-order valence-corrected chi connectivity index (χ4v) is 4.59. The Morgan fingerprint density at radius 3 is 2.45 bits per heavy atom. The third-order valence-corrected chi connectivity index (χ3v) is 6.81. The number of hydrogen-bond donors (Lipinski definition) is 0. The summed E-state index contributed by atoms with van der Waals surface area (Å²) in [5, 5.41) is -0.219. The van der Waals surface area contributed by atoms with Gasteiger partial charge in [-0.05, 0) is 18.2 Å². The van der Waals surface area contributed by atoms with Crippen LogP contribution in [0.1, 0.15) is 6.92 Å². The van der Waals surface area contributed by atoms with E-state index in [4.69, 9.17) is 16.3 Å². The van der Waals surface area contributed by atoms with Crippen molar-refractivity contribution in [1.82, 2.24) is 14.5 Å². The average molecular weight is 502 g/mol. The maximum atomic E-state index is 15.0. The van der Waals surface area contributed by atoms with Crippen LogP contribution in [-0.4, -0.2) is 60.8 Å². The molecule has 0 bridgehead atoms. The molecule has 1 aliphatic rings. The number of sulfone groups is 1. The Morgan fingerprint density at radius 2 is 1.85 bits per heavy atom. The molecule has 0 aliphatic carbocycles. The van der Waals surface area contributed by atoms with Crippen molar-refractivity contribution in [3.8, 4) is 11.4 Å². The topological polar surface area (TPSA) is 81.5 Å². The highest BCUT2D eigenvalue weighted by Gasteiger charge is 2.28. The van der Waals surface area contributed by atoms with E-state index in [0.717, 1.165) is 12.3 Å². The van der Waals surface area contributed by atoms with Crippen molar-refractivity contribution in [2.24, 2.45) is 0 Å². The van der Waals surface area contributed by atoms with Crippen LogP contribution in [0.25, 0.3) is 22.4 Å². The number of amides is 1. The van der Waals surface area contributed by atoms with Crippen LogP contribution < -0.4 is 0 Å². The predicted molar refractivity (Wildman–Crippen MR) is 115 cm³/mol. The molecule has 4 rings (SSSR count). The molecule has 3 aromatic rings. The number of nitrogens with zero attached hydrogens (tertiary/aromatic N) is 3. The third-order valence-electron chi connectivity index (χ3n) is 5.43. The van der Waals surface area contributed by atoms with E-state index in [-0.39, 0.29) is 47.5 Å². The number of imidazole rings is 1. The highest BCUT2D eigenvalue weighted by atomic mass is 35.5. The van der Waals surface area contributed by atoms with Crippen LogP contribution in [0.15, 0.2) is 29.2 Å². The first-order valence-electron chi connectivity index (χ1n) is 9.87. The van der Waals surface area contributed by atoms with Crippen LogP contribution in [0.3, 0.4) is 0 Å². The molecule has 2 heterocycles. The molecule has 1 atom stereocenters. The minimum atomic E-state index is -3.86. The summed E-state index contributed by atoms with van der Waals surface area (Å²) in [5.74, 6) is -3.38. The quantitative estimate of drug-likeness (QED) is 0.547. The number of aromatic nitrogens is 2. The predicted octanol–water partition coefficient (Wildman–Crippen LogP) is 3.42. The van der Waals surface area contributed by atoms with Gasteiger partial charge in [-0.25, -0.2) is 26.6 Å². The van der Waals surface area contributed by atoms with Crippen LogP contribution in [-0.2, 0) is 25.9 Å². The largest absolute Gasteiger partial charge is 0.373 e. The minimum Gasteiger partial charge on any atom is -0.373 e. The van der Waals surface area contributed by atoms with Crippen LogP contribution in [0.4, 0.5) is 13.2 Å². The lowest BCUT2D eigenvalue weighted by Crippen LogP contribution is -2.46. The second kappa shape index (κ2) is 8.62. The fourth-order valence-electron chi connectivity index (χ4n) is 3.79. The molecule has 0 spiro atoms. The standard InChI is InChI=1S/C21H19ClF3N3O4S/c1-11(29)27-3-4-32-12(9-27)10-28-19-8-15(23)14(22)7-18(19)26-21(28)20-16(24)5-13(6-17(20)25)33(2,30)31/h5-8,12H,3-4,9-10H2,1-2H3/t12-/m1/s1. The van der Waals surface area contributed by atoms with Gasteiger partial charge < -0.3 is 14.2 Å². The van der Waals surface area contributed by atoms with E-state index in [9.17, 15) is 26.4 Å². The molecular formula is C21H19ClF3N3O4S. The molecule has 1 amide bonds. The lowest BCUT2D eigenvalue weighted by atomic mass is 10.1. The number of morpholine rings is 1. The van der Waals surface area contributed by atoms with Crippen LogP contribution in [0.5, 0.6) is 0 Å².